The van der Waals surface area contributed by atoms with E-state index in [-0.39, 0.29) is 19.1 Å². The number of aliphatic hydroxyl groups excluding tert-OH is 1. The monoisotopic (exact) mass is 360 g/mol. The first-order valence-corrected chi connectivity index (χ1v) is 8.13. The normalized spacial score (nSPS) is 13.7. The molecule has 138 valence electrons. The predicted octanol–water partition coefficient (Wildman–Crippen LogP) is 2.20. The molecule has 0 saturated carbocycles. The molecule has 8 nitrogen and oxygen atoms in total. The third kappa shape index (κ3) is 4.62. The van der Waals surface area contributed by atoms with E-state index in [9.17, 15) is 15.2 Å². The van der Waals surface area contributed by atoms with Gasteiger partial charge in [0.2, 0.25) is 6.79 Å². The summed E-state index contributed by atoms with van der Waals surface area (Å²) in [6, 6.07) is 11.6. The van der Waals surface area contributed by atoms with Gasteiger partial charge < -0.3 is 19.3 Å². The van der Waals surface area contributed by atoms with E-state index in [1.54, 1.807) is 12.1 Å². The second kappa shape index (κ2) is 8.03. The van der Waals surface area contributed by atoms with E-state index in [1.165, 1.54) is 12.1 Å². The van der Waals surface area contributed by atoms with Crippen LogP contribution in [0.25, 0.3) is 0 Å². The summed E-state index contributed by atoms with van der Waals surface area (Å²) in [4.78, 5) is 12.2. The quantitative estimate of drug-likeness (QED) is 0.569. The summed E-state index contributed by atoms with van der Waals surface area (Å²) in [5.74, 6) is 1.82. The lowest BCUT2D eigenvalue weighted by molar-refractivity contribution is -0.384. The summed E-state index contributed by atoms with van der Waals surface area (Å²) < 4.78 is 16.1. The molecule has 0 aliphatic carbocycles. The number of benzene rings is 2. The first-order chi connectivity index (χ1) is 12.5. The summed E-state index contributed by atoms with van der Waals surface area (Å²) in [5.41, 5.74) is 1.00. The molecule has 0 amide bonds. The second-order valence-corrected chi connectivity index (χ2v) is 6.10. The molecule has 1 unspecified atom stereocenters. The maximum absolute atomic E-state index is 10.8. The van der Waals surface area contributed by atoms with E-state index in [1.807, 2.05) is 30.1 Å². The van der Waals surface area contributed by atoms with Gasteiger partial charge in [-0.3, -0.25) is 15.0 Å². The zero-order chi connectivity index (χ0) is 18.5. The van der Waals surface area contributed by atoms with Crippen LogP contribution in [0.2, 0.25) is 0 Å². The van der Waals surface area contributed by atoms with Crippen LogP contribution in [0, 0.1) is 10.1 Å². The Labute approximate surface area is 150 Å². The first kappa shape index (κ1) is 18.0. The zero-order valence-corrected chi connectivity index (χ0v) is 14.3. The molecule has 1 aliphatic rings. The van der Waals surface area contributed by atoms with Crippen LogP contribution in [-0.4, -0.2) is 48.0 Å². The fourth-order valence-corrected chi connectivity index (χ4v) is 2.71. The second-order valence-electron chi connectivity index (χ2n) is 6.10. The number of nitro benzene ring substituents is 1. The number of hydrogen-bond donors (Lipinski definition) is 1. The highest BCUT2D eigenvalue weighted by molar-refractivity contribution is 5.44. The number of non-ortho nitro benzene ring substituents is 1. The number of likely N-dealkylation sites (N-methyl/N-ethyl adjacent to an activating group) is 1. The van der Waals surface area contributed by atoms with E-state index < -0.39 is 11.0 Å². The van der Waals surface area contributed by atoms with E-state index in [2.05, 4.69) is 0 Å². The fraction of sp³-hybridized carbons (Fsp3) is 0.333. The van der Waals surface area contributed by atoms with Crippen LogP contribution < -0.4 is 14.2 Å². The molecule has 2 aromatic rings. The third-order valence-corrected chi connectivity index (χ3v) is 3.88. The van der Waals surface area contributed by atoms with Crippen molar-refractivity contribution in [1.82, 2.24) is 4.90 Å². The van der Waals surface area contributed by atoms with Crippen molar-refractivity contribution < 1.29 is 24.2 Å². The predicted molar refractivity (Wildman–Crippen MR) is 93.5 cm³/mol. The molecule has 3 rings (SSSR count). The number of ether oxygens (including phenoxy) is 3. The lowest BCUT2D eigenvalue weighted by Crippen LogP contribution is -2.32. The average Bonchev–Trinajstić information content (AvgIpc) is 3.08. The molecule has 26 heavy (non-hydrogen) atoms. The Morgan fingerprint density at radius 3 is 2.88 bits per heavy atom. The topological polar surface area (TPSA) is 94.3 Å². The van der Waals surface area contributed by atoms with Crippen molar-refractivity contribution in [3.63, 3.8) is 0 Å². The Morgan fingerprint density at radius 2 is 2.08 bits per heavy atom. The van der Waals surface area contributed by atoms with Gasteiger partial charge >= 0.3 is 0 Å². The van der Waals surface area contributed by atoms with Gasteiger partial charge in [0.15, 0.2) is 11.5 Å². The molecule has 1 N–H and O–H groups in total. The lowest BCUT2D eigenvalue weighted by atomic mass is 10.2. The van der Waals surface area contributed by atoms with Crippen LogP contribution >= 0.6 is 0 Å². The summed E-state index contributed by atoms with van der Waals surface area (Å²) in [6.45, 7) is 1.31. The van der Waals surface area contributed by atoms with E-state index in [0.29, 0.717) is 18.8 Å². The van der Waals surface area contributed by atoms with Gasteiger partial charge in [-0.1, -0.05) is 12.1 Å². The van der Waals surface area contributed by atoms with Gasteiger partial charge in [0.25, 0.3) is 5.69 Å². The highest BCUT2D eigenvalue weighted by Gasteiger charge is 2.15. The molecule has 0 fully saturated rings. The van der Waals surface area contributed by atoms with Crippen LogP contribution in [-0.2, 0) is 6.54 Å². The van der Waals surface area contributed by atoms with Crippen LogP contribution in [0.4, 0.5) is 5.69 Å². The van der Waals surface area contributed by atoms with Gasteiger partial charge in [-0.05, 0) is 30.8 Å². The summed E-state index contributed by atoms with van der Waals surface area (Å²) in [7, 11) is 1.89. The molecule has 0 bridgehead atoms. The van der Waals surface area contributed by atoms with Crippen LogP contribution in [0.5, 0.6) is 17.2 Å². The molecule has 1 atom stereocenters. The molecule has 0 spiro atoms. The Kier molecular flexibility index (Phi) is 5.55. The van der Waals surface area contributed by atoms with Crippen molar-refractivity contribution in [2.24, 2.45) is 0 Å². The summed E-state index contributed by atoms with van der Waals surface area (Å²) in [6.07, 6.45) is -0.728. The maximum atomic E-state index is 10.8. The number of nitrogens with zero attached hydrogens (tertiary/aromatic N) is 2. The lowest BCUT2D eigenvalue weighted by Gasteiger charge is -2.21. The van der Waals surface area contributed by atoms with Gasteiger partial charge in [0.1, 0.15) is 18.5 Å². The zero-order valence-electron chi connectivity index (χ0n) is 14.3. The van der Waals surface area contributed by atoms with Crippen LogP contribution in [0.3, 0.4) is 0 Å². The third-order valence-electron chi connectivity index (χ3n) is 3.88. The Hall–Kier alpha value is -2.84. The van der Waals surface area contributed by atoms with Crippen molar-refractivity contribution in [3.8, 4) is 17.2 Å². The minimum atomic E-state index is -0.728. The van der Waals surface area contributed by atoms with Crippen LogP contribution in [0.15, 0.2) is 42.5 Å². The highest BCUT2D eigenvalue weighted by Crippen LogP contribution is 2.32. The molecule has 0 radical (unpaired) electrons. The molecule has 0 saturated heterocycles. The molecular formula is C18H20N2O6. The van der Waals surface area contributed by atoms with Crippen LogP contribution in [0.1, 0.15) is 5.56 Å². The van der Waals surface area contributed by atoms with Crippen molar-refractivity contribution in [1.29, 1.82) is 0 Å². The average molecular weight is 360 g/mol. The molecule has 1 heterocycles. The van der Waals surface area contributed by atoms with E-state index >= 15 is 0 Å². The number of aliphatic hydroxyl groups is 1. The van der Waals surface area contributed by atoms with E-state index in [0.717, 1.165) is 17.1 Å². The Bertz CT molecular complexity index is 782. The van der Waals surface area contributed by atoms with E-state index in [4.69, 9.17) is 14.2 Å². The molecule has 8 heteroatoms. The molecular weight excluding hydrogens is 340 g/mol. The maximum Gasteiger partial charge on any atom is 0.273 e. The Morgan fingerprint density at radius 1 is 1.27 bits per heavy atom. The van der Waals surface area contributed by atoms with Gasteiger partial charge in [-0.2, -0.15) is 0 Å². The SMILES string of the molecule is CN(Cc1ccc2c(c1)OCO2)CC(O)COc1cccc([N+](=O)[O-])c1. The smallest absolute Gasteiger partial charge is 0.273 e. The first-order valence-electron chi connectivity index (χ1n) is 8.13. The Balaban J connectivity index is 1.47. The minimum absolute atomic E-state index is 0.0445. The molecule has 0 aromatic heterocycles. The highest BCUT2D eigenvalue weighted by atomic mass is 16.7. The molecule has 1 aliphatic heterocycles. The van der Waals surface area contributed by atoms with Gasteiger partial charge in [-0.25, -0.2) is 0 Å². The van der Waals surface area contributed by atoms with Crippen molar-refractivity contribution in [2.75, 3.05) is 27.0 Å². The summed E-state index contributed by atoms with van der Waals surface area (Å²) in [5, 5.41) is 20.9. The minimum Gasteiger partial charge on any atom is -0.491 e. The number of fused-ring (bicyclic) bond motifs is 1. The number of rotatable bonds is 8. The summed E-state index contributed by atoms with van der Waals surface area (Å²) >= 11 is 0. The van der Waals surface area contributed by atoms with Gasteiger partial charge in [0.05, 0.1) is 11.0 Å². The van der Waals surface area contributed by atoms with Gasteiger partial charge in [0, 0.05) is 19.2 Å². The standard InChI is InChI=1S/C18H20N2O6/c1-19(9-13-5-6-17-18(7-13)26-12-25-17)10-15(21)11-24-16-4-2-3-14(8-16)20(22)23/h2-8,15,21H,9-12H2,1H3. The fourth-order valence-electron chi connectivity index (χ4n) is 2.71. The largest absolute Gasteiger partial charge is 0.491 e. The van der Waals surface area contributed by atoms with Crippen molar-refractivity contribution >= 4 is 5.69 Å². The number of nitro groups is 1. The number of hydrogen-bond acceptors (Lipinski definition) is 7. The van der Waals surface area contributed by atoms with Gasteiger partial charge in [-0.15, -0.1) is 0 Å². The molecule has 2 aromatic carbocycles. The van der Waals surface area contributed by atoms with Crippen molar-refractivity contribution in [2.45, 2.75) is 12.6 Å². The van der Waals surface area contributed by atoms with Crippen molar-refractivity contribution in [3.05, 3.63) is 58.1 Å².